The van der Waals surface area contributed by atoms with Crippen molar-refractivity contribution in [1.29, 1.82) is 0 Å². The minimum Gasteiger partial charge on any atom is -0.486 e. The van der Waals surface area contributed by atoms with Crippen molar-refractivity contribution >= 4 is 23.2 Å². The fourth-order valence-electron chi connectivity index (χ4n) is 1.02. The zero-order valence-electron chi connectivity index (χ0n) is 8.18. The lowest BCUT2D eigenvalue weighted by molar-refractivity contribution is -0.385. The Balaban J connectivity index is 2.78. The molecule has 0 heterocycles. The number of rotatable bonds is 5. The molecule has 0 aliphatic rings. The minimum absolute atomic E-state index is 0.000218. The summed E-state index contributed by atoms with van der Waals surface area (Å²) in [5, 5.41) is 10.9. The zero-order valence-corrected chi connectivity index (χ0v) is 8.94. The third-order valence-electron chi connectivity index (χ3n) is 1.72. The van der Waals surface area contributed by atoms with Gasteiger partial charge in [-0.3, -0.25) is 14.9 Å². The number of carbonyl (C=O) groups excluding carboxylic acids is 1. The number of halogens is 1. The Morgan fingerprint density at radius 3 is 2.81 bits per heavy atom. The third-order valence-corrected chi connectivity index (χ3v) is 1.96. The summed E-state index contributed by atoms with van der Waals surface area (Å²) in [7, 11) is 0. The highest BCUT2D eigenvalue weighted by Gasteiger charge is 2.15. The molecule has 0 aliphatic heterocycles. The summed E-state index contributed by atoms with van der Waals surface area (Å²) in [6.07, 6.45) is -0.000218. The molecule has 1 rings (SSSR count). The molecule has 2 N–H and O–H groups in total. The summed E-state index contributed by atoms with van der Waals surface area (Å²) < 4.78 is 5.06. The van der Waals surface area contributed by atoms with Gasteiger partial charge in [0, 0.05) is 11.1 Å². The van der Waals surface area contributed by atoms with Gasteiger partial charge in [0.05, 0.1) is 18.0 Å². The Kier molecular flexibility index (Phi) is 4.07. The molecule has 1 aromatic rings. The smallest absolute Gasteiger partial charge is 0.312 e. The second-order valence-electron chi connectivity index (χ2n) is 2.93. The van der Waals surface area contributed by atoms with Crippen LogP contribution in [0.4, 0.5) is 5.69 Å². The molecule has 7 heteroatoms. The Bertz CT molecular complexity index is 422. The predicted molar refractivity (Wildman–Crippen MR) is 57.4 cm³/mol. The normalized spacial score (nSPS) is 9.81. The van der Waals surface area contributed by atoms with Gasteiger partial charge < -0.3 is 10.5 Å². The van der Waals surface area contributed by atoms with Crippen LogP contribution in [-0.4, -0.2) is 17.4 Å². The fraction of sp³-hybridized carbons (Fsp3) is 0.222. The van der Waals surface area contributed by atoms with Crippen LogP contribution in [0, 0.1) is 10.1 Å². The van der Waals surface area contributed by atoms with Crippen LogP contribution in [0.15, 0.2) is 18.2 Å². The molecule has 0 atom stereocenters. The lowest BCUT2D eigenvalue weighted by atomic mass is 10.3. The first-order valence-electron chi connectivity index (χ1n) is 4.35. The number of nitrogens with zero attached hydrogens (tertiary/aromatic N) is 1. The first-order valence-corrected chi connectivity index (χ1v) is 4.73. The SMILES string of the molecule is NC(=O)CCOc1ccc(Cl)cc1[N+](=O)[O-]. The quantitative estimate of drug-likeness (QED) is 0.627. The van der Waals surface area contributed by atoms with E-state index in [0.717, 1.165) is 0 Å². The van der Waals surface area contributed by atoms with Crippen molar-refractivity contribution in [3.05, 3.63) is 33.3 Å². The van der Waals surface area contributed by atoms with Gasteiger partial charge in [-0.2, -0.15) is 0 Å². The molecule has 0 spiro atoms. The monoisotopic (exact) mass is 244 g/mol. The Labute approximate surface area is 96.1 Å². The van der Waals surface area contributed by atoms with E-state index in [2.05, 4.69) is 0 Å². The first-order chi connectivity index (χ1) is 7.50. The first kappa shape index (κ1) is 12.3. The second-order valence-corrected chi connectivity index (χ2v) is 3.37. The van der Waals surface area contributed by atoms with Crippen molar-refractivity contribution in [3.8, 4) is 5.75 Å². The molecule has 1 amide bonds. The maximum absolute atomic E-state index is 10.6. The second kappa shape index (κ2) is 5.32. The molecule has 0 saturated heterocycles. The summed E-state index contributed by atoms with van der Waals surface area (Å²) >= 11 is 5.61. The standard InChI is InChI=1S/C9H9ClN2O4/c10-6-1-2-8(7(5-6)12(14)15)16-4-3-9(11)13/h1-2,5H,3-4H2,(H2,11,13). The molecule has 6 nitrogen and oxygen atoms in total. The minimum atomic E-state index is -0.606. The van der Waals surface area contributed by atoms with Crippen LogP contribution in [0.1, 0.15) is 6.42 Å². The van der Waals surface area contributed by atoms with Crippen LogP contribution in [-0.2, 0) is 4.79 Å². The molecule has 16 heavy (non-hydrogen) atoms. The number of hydrogen-bond donors (Lipinski definition) is 1. The summed E-state index contributed by atoms with van der Waals surface area (Å²) in [6.45, 7) is -0.00218. The molecular weight excluding hydrogens is 236 g/mol. The van der Waals surface area contributed by atoms with E-state index in [4.69, 9.17) is 22.1 Å². The average Bonchev–Trinajstić information content (AvgIpc) is 2.19. The van der Waals surface area contributed by atoms with E-state index in [1.54, 1.807) is 0 Å². The Hall–Kier alpha value is -1.82. The number of primary amides is 1. The molecule has 0 unspecified atom stereocenters. The van der Waals surface area contributed by atoms with Gasteiger partial charge in [0.1, 0.15) is 0 Å². The van der Waals surface area contributed by atoms with E-state index in [0.29, 0.717) is 0 Å². The largest absolute Gasteiger partial charge is 0.486 e. The zero-order chi connectivity index (χ0) is 12.1. The van der Waals surface area contributed by atoms with E-state index in [-0.39, 0.29) is 29.5 Å². The van der Waals surface area contributed by atoms with Crippen molar-refractivity contribution in [2.24, 2.45) is 5.73 Å². The lowest BCUT2D eigenvalue weighted by Gasteiger charge is -2.05. The van der Waals surface area contributed by atoms with E-state index in [1.807, 2.05) is 0 Å². The van der Waals surface area contributed by atoms with Crippen LogP contribution in [0.5, 0.6) is 5.75 Å². The van der Waals surface area contributed by atoms with Crippen molar-refractivity contribution < 1.29 is 14.5 Å². The van der Waals surface area contributed by atoms with Gasteiger partial charge in [-0.15, -0.1) is 0 Å². The highest BCUT2D eigenvalue weighted by Crippen LogP contribution is 2.29. The molecular formula is C9H9ClN2O4. The van der Waals surface area contributed by atoms with Gasteiger partial charge in [0.15, 0.2) is 5.75 Å². The lowest BCUT2D eigenvalue weighted by Crippen LogP contribution is -2.14. The van der Waals surface area contributed by atoms with Crippen molar-refractivity contribution in [3.63, 3.8) is 0 Å². The molecule has 0 radical (unpaired) electrons. The van der Waals surface area contributed by atoms with Crippen LogP contribution in [0.3, 0.4) is 0 Å². The molecule has 0 bridgehead atoms. The number of hydrogen-bond acceptors (Lipinski definition) is 4. The fourth-order valence-corrected chi connectivity index (χ4v) is 1.18. The summed E-state index contributed by atoms with van der Waals surface area (Å²) in [6, 6.07) is 4.02. The summed E-state index contributed by atoms with van der Waals surface area (Å²) in [5.41, 5.74) is 4.67. The van der Waals surface area contributed by atoms with E-state index >= 15 is 0 Å². The predicted octanol–water partition coefficient (Wildman–Crippen LogP) is 1.50. The maximum atomic E-state index is 10.6. The van der Waals surface area contributed by atoms with Crippen molar-refractivity contribution in [2.75, 3.05) is 6.61 Å². The van der Waals surface area contributed by atoms with E-state index in [9.17, 15) is 14.9 Å². The van der Waals surface area contributed by atoms with Crippen LogP contribution >= 0.6 is 11.6 Å². The van der Waals surface area contributed by atoms with Gasteiger partial charge in [-0.05, 0) is 12.1 Å². The number of ether oxygens (including phenoxy) is 1. The van der Waals surface area contributed by atoms with E-state index < -0.39 is 10.8 Å². The Morgan fingerprint density at radius 1 is 1.56 bits per heavy atom. The van der Waals surface area contributed by atoms with E-state index in [1.165, 1.54) is 18.2 Å². The topological polar surface area (TPSA) is 95.5 Å². The van der Waals surface area contributed by atoms with Gasteiger partial charge in [0.25, 0.3) is 0 Å². The number of benzene rings is 1. The highest BCUT2D eigenvalue weighted by atomic mass is 35.5. The van der Waals surface area contributed by atoms with Gasteiger partial charge in [0.2, 0.25) is 5.91 Å². The number of carbonyl (C=O) groups is 1. The van der Waals surface area contributed by atoms with Gasteiger partial charge >= 0.3 is 5.69 Å². The average molecular weight is 245 g/mol. The van der Waals surface area contributed by atoms with Gasteiger partial charge in [-0.25, -0.2) is 0 Å². The Morgan fingerprint density at radius 2 is 2.25 bits per heavy atom. The third kappa shape index (κ3) is 3.39. The summed E-state index contributed by atoms with van der Waals surface area (Å²) in [5.74, 6) is -0.465. The summed E-state index contributed by atoms with van der Waals surface area (Å²) in [4.78, 5) is 20.5. The van der Waals surface area contributed by atoms with Crippen LogP contribution < -0.4 is 10.5 Å². The number of amides is 1. The number of nitrogens with two attached hydrogens (primary N) is 1. The molecule has 0 aliphatic carbocycles. The molecule has 0 saturated carbocycles. The molecule has 0 fully saturated rings. The maximum Gasteiger partial charge on any atom is 0.312 e. The van der Waals surface area contributed by atoms with Crippen LogP contribution in [0.2, 0.25) is 5.02 Å². The number of nitro groups is 1. The van der Waals surface area contributed by atoms with Gasteiger partial charge in [-0.1, -0.05) is 11.6 Å². The molecule has 0 aromatic heterocycles. The van der Waals surface area contributed by atoms with Crippen molar-refractivity contribution in [2.45, 2.75) is 6.42 Å². The highest BCUT2D eigenvalue weighted by molar-refractivity contribution is 6.30. The molecule has 1 aromatic carbocycles. The molecule has 86 valence electrons. The van der Waals surface area contributed by atoms with Crippen LogP contribution in [0.25, 0.3) is 0 Å². The number of nitro benzene ring substituents is 1. The van der Waals surface area contributed by atoms with Crippen molar-refractivity contribution in [1.82, 2.24) is 0 Å².